The first-order chi connectivity index (χ1) is 12.6. The molecule has 0 N–H and O–H groups in total. The molecule has 6 heteroatoms. The summed E-state index contributed by atoms with van der Waals surface area (Å²) in [5.74, 6) is -0.809. The van der Waals surface area contributed by atoms with Crippen LogP contribution >= 0.6 is 0 Å². The molecule has 0 atom stereocenters. The molecule has 2 aromatic carbocycles. The lowest BCUT2D eigenvalue weighted by Gasteiger charge is -2.39. The molecule has 2 aromatic rings. The van der Waals surface area contributed by atoms with Gasteiger partial charge in [-0.25, -0.2) is 8.78 Å². The Kier molecular flexibility index (Phi) is 5.96. The quantitative estimate of drug-likeness (QED) is 0.768. The maximum absolute atomic E-state index is 13.3. The van der Waals surface area contributed by atoms with Crippen LogP contribution in [0.4, 0.5) is 8.78 Å². The van der Waals surface area contributed by atoms with Crippen molar-refractivity contribution in [3.05, 3.63) is 71.3 Å². The molecule has 0 spiro atoms. The molecule has 26 heavy (non-hydrogen) atoms. The maximum Gasteiger partial charge on any atom is 0.319 e. The first-order valence-corrected chi connectivity index (χ1v) is 8.61. The Bertz CT molecular complexity index is 681. The van der Waals surface area contributed by atoms with E-state index in [1.54, 1.807) is 24.3 Å². The summed E-state index contributed by atoms with van der Waals surface area (Å²) >= 11 is 0. The Morgan fingerprint density at radius 3 is 1.81 bits per heavy atom. The maximum atomic E-state index is 13.3. The van der Waals surface area contributed by atoms with E-state index in [2.05, 4.69) is 9.80 Å². The summed E-state index contributed by atoms with van der Waals surface area (Å²) in [5, 5.41) is 0. The lowest BCUT2D eigenvalue weighted by atomic mass is 9.96. The molecule has 0 unspecified atom stereocenters. The van der Waals surface area contributed by atoms with Crippen molar-refractivity contribution < 1.29 is 18.3 Å². The number of carbonyl (C=O) groups excluding carboxylic acids is 1. The van der Waals surface area contributed by atoms with Gasteiger partial charge >= 0.3 is 5.97 Å². The number of methoxy groups -OCH3 is 1. The van der Waals surface area contributed by atoms with Crippen LogP contribution in [0.5, 0.6) is 0 Å². The zero-order valence-electron chi connectivity index (χ0n) is 14.7. The minimum Gasteiger partial charge on any atom is -0.468 e. The number of hydrogen-bond acceptors (Lipinski definition) is 4. The van der Waals surface area contributed by atoms with Gasteiger partial charge in [-0.1, -0.05) is 24.3 Å². The standard InChI is InChI=1S/C20H22F2N2O2/c1-26-19(25)14-23-10-12-24(13-11-23)20(15-2-6-17(21)7-3-15)16-4-8-18(22)9-5-16/h2-9,20H,10-14H2,1H3. The molecule has 138 valence electrons. The second-order valence-electron chi connectivity index (χ2n) is 6.39. The number of halogens is 2. The summed E-state index contributed by atoms with van der Waals surface area (Å²) < 4.78 is 31.4. The highest BCUT2D eigenvalue weighted by molar-refractivity contribution is 5.71. The second-order valence-corrected chi connectivity index (χ2v) is 6.39. The second kappa shape index (κ2) is 8.38. The number of benzene rings is 2. The highest BCUT2D eigenvalue weighted by Crippen LogP contribution is 2.30. The average Bonchev–Trinajstić information content (AvgIpc) is 2.66. The molecule has 1 aliphatic rings. The van der Waals surface area contributed by atoms with E-state index in [4.69, 9.17) is 4.74 Å². The third-order valence-electron chi connectivity index (χ3n) is 4.72. The normalized spacial score (nSPS) is 16.0. The van der Waals surface area contributed by atoms with Gasteiger partial charge < -0.3 is 4.74 Å². The van der Waals surface area contributed by atoms with Gasteiger partial charge in [0.15, 0.2) is 0 Å². The smallest absolute Gasteiger partial charge is 0.319 e. The number of piperazine rings is 1. The molecule has 1 saturated heterocycles. The minimum absolute atomic E-state index is 0.0866. The third kappa shape index (κ3) is 4.45. The Balaban J connectivity index is 1.79. The van der Waals surface area contributed by atoms with Gasteiger partial charge in [0.05, 0.1) is 19.7 Å². The lowest BCUT2D eigenvalue weighted by Crippen LogP contribution is -2.49. The van der Waals surface area contributed by atoms with Gasteiger partial charge in [-0.15, -0.1) is 0 Å². The van der Waals surface area contributed by atoms with Crippen molar-refractivity contribution in [3.63, 3.8) is 0 Å². The molecule has 3 rings (SSSR count). The molecular weight excluding hydrogens is 338 g/mol. The van der Waals surface area contributed by atoms with Crippen LogP contribution in [0, 0.1) is 11.6 Å². The number of rotatable bonds is 5. The summed E-state index contributed by atoms with van der Waals surface area (Å²) in [4.78, 5) is 15.8. The van der Waals surface area contributed by atoms with Crippen molar-refractivity contribution in [2.24, 2.45) is 0 Å². The van der Waals surface area contributed by atoms with Crippen LogP contribution in [0.25, 0.3) is 0 Å². The number of carbonyl (C=O) groups is 1. The number of ether oxygens (including phenoxy) is 1. The first-order valence-electron chi connectivity index (χ1n) is 8.61. The summed E-state index contributed by atoms with van der Waals surface area (Å²) in [6.07, 6.45) is 0. The van der Waals surface area contributed by atoms with Crippen LogP contribution in [-0.2, 0) is 9.53 Å². The van der Waals surface area contributed by atoms with Crippen LogP contribution in [0.1, 0.15) is 17.2 Å². The summed E-state index contributed by atoms with van der Waals surface area (Å²) in [5.41, 5.74) is 1.92. The largest absolute Gasteiger partial charge is 0.468 e. The average molecular weight is 360 g/mol. The molecule has 0 aromatic heterocycles. The van der Waals surface area contributed by atoms with E-state index in [0.717, 1.165) is 37.3 Å². The van der Waals surface area contributed by atoms with Crippen molar-refractivity contribution in [1.82, 2.24) is 9.80 Å². The Hall–Kier alpha value is -2.31. The van der Waals surface area contributed by atoms with Crippen LogP contribution in [0.15, 0.2) is 48.5 Å². The minimum atomic E-state index is -0.283. The topological polar surface area (TPSA) is 32.8 Å². The Labute approximate surface area is 152 Å². The Morgan fingerprint density at radius 1 is 0.923 bits per heavy atom. The van der Waals surface area contributed by atoms with E-state index >= 15 is 0 Å². The first kappa shape index (κ1) is 18.5. The van der Waals surface area contributed by atoms with E-state index in [1.165, 1.54) is 31.4 Å². The summed E-state index contributed by atoms with van der Waals surface area (Å²) in [6.45, 7) is 3.23. The molecule has 1 fully saturated rings. The fourth-order valence-electron chi connectivity index (χ4n) is 3.33. The number of hydrogen-bond donors (Lipinski definition) is 0. The third-order valence-corrected chi connectivity index (χ3v) is 4.72. The zero-order valence-corrected chi connectivity index (χ0v) is 14.7. The number of esters is 1. The van der Waals surface area contributed by atoms with Gasteiger partial charge in [0.1, 0.15) is 11.6 Å². The van der Waals surface area contributed by atoms with Crippen LogP contribution < -0.4 is 0 Å². The molecule has 0 amide bonds. The van der Waals surface area contributed by atoms with Gasteiger partial charge in [0, 0.05) is 26.2 Å². The highest BCUT2D eigenvalue weighted by atomic mass is 19.1. The molecule has 4 nitrogen and oxygen atoms in total. The van der Waals surface area contributed by atoms with Gasteiger partial charge in [0.25, 0.3) is 0 Å². The van der Waals surface area contributed by atoms with Crippen molar-refractivity contribution in [1.29, 1.82) is 0 Å². The summed E-state index contributed by atoms with van der Waals surface area (Å²) in [6, 6.07) is 12.8. The van der Waals surface area contributed by atoms with Crippen molar-refractivity contribution >= 4 is 5.97 Å². The van der Waals surface area contributed by atoms with Crippen molar-refractivity contribution in [2.75, 3.05) is 39.8 Å². The molecule has 1 aliphatic heterocycles. The van der Waals surface area contributed by atoms with E-state index in [0.29, 0.717) is 0 Å². The van der Waals surface area contributed by atoms with Gasteiger partial charge in [-0.2, -0.15) is 0 Å². The van der Waals surface area contributed by atoms with Crippen LogP contribution in [-0.4, -0.2) is 55.6 Å². The van der Waals surface area contributed by atoms with Crippen LogP contribution in [0.2, 0.25) is 0 Å². The van der Waals surface area contributed by atoms with E-state index in [9.17, 15) is 13.6 Å². The van der Waals surface area contributed by atoms with Crippen molar-refractivity contribution in [2.45, 2.75) is 6.04 Å². The number of nitrogens with zero attached hydrogens (tertiary/aromatic N) is 2. The van der Waals surface area contributed by atoms with E-state index < -0.39 is 0 Å². The fraction of sp³-hybridized carbons (Fsp3) is 0.350. The Morgan fingerprint density at radius 2 is 1.38 bits per heavy atom. The molecular formula is C20H22F2N2O2. The summed E-state index contributed by atoms with van der Waals surface area (Å²) in [7, 11) is 1.39. The molecule has 0 radical (unpaired) electrons. The van der Waals surface area contributed by atoms with E-state index in [-0.39, 0.29) is 30.2 Å². The SMILES string of the molecule is COC(=O)CN1CCN(C(c2ccc(F)cc2)c2ccc(F)cc2)CC1. The van der Waals surface area contributed by atoms with Gasteiger partial charge in [-0.05, 0) is 35.4 Å². The predicted octanol–water partition coefficient (Wildman–Crippen LogP) is 2.84. The zero-order chi connectivity index (χ0) is 18.5. The van der Waals surface area contributed by atoms with Gasteiger partial charge in [-0.3, -0.25) is 14.6 Å². The molecule has 0 aliphatic carbocycles. The van der Waals surface area contributed by atoms with Gasteiger partial charge in [0.2, 0.25) is 0 Å². The predicted molar refractivity (Wildman–Crippen MR) is 94.7 cm³/mol. The molecule has 0 bridgehead atoms. The van der Waals surface area contributed by atoms with Crippen molar-refractivity contribution in [3.8, 4) is 0 Å². The fourth-order valence-corrected chi connectivity index (χ4v) is 3.33. The van der Waals surface area contributed by atoms with Crippen LogP contribution in [0.3, 0.4) is 0 Å². The monoisotopic (exact) mass is 360 g/mol. The van der Waals surface area contributed by atoms with E-state index in [1.807, 2.05) is 0 Å². The molecule has 1 heterocycles. The molecule has 0 saturated carbocycles. The highest BCUT2D eigenvalue weighted by Gasteiger charge is 2.27. The lowest BCUT2D eigenvalue weighted by molar-refractivity contribution is -0.142.